The molecule has 0 spiro atoms. The molecule has 0 bridgehead atoms. The second-order valence-corrected chi connectivity index (χ2v) is 2.45. The van der Waals surface area contributed by atoms with E-state index in [-0.39, 0.29) is 11.4 Å². The average molecular weight is 183 g/mol. The van der Waals surface area contributed by atoms with E-state index in [1.165, 1.54) is 13.2 Å². The van der Waals surface area contributed by atoms with E-state index in [0.29, 0.717) is 5.76 Å². The average Bonchev–Trinajstić information content (AvgIpc) is 2.02. The zero-order chi connectivity index (χ0) is 10.0. The van der Waals surface area contributed by atoms with Gasteiger partial charge >= 0.3 is 5.97 Å². The number of aryl methyl sites for hydroxylation is 1. The fourth-order valence-electron chi connectivity index (χ4n) is 0.935. The van der Waals surface area contributed by atoms with Gasteiger partial charge in [0.15, 0.2) is 5.56 Å². The number of nitrogens with two attached hydrogens (primary N) is 1. The summed E-state index contributed by atoms with van der Waals surface area (Å²) in [6.07, 6.45) is 0. The molecule has 0 aromatic carbocycles. The van der Waals surface area contributed by atoms with Gasteiger partial charge < -0.3 is 14.9 Å². The number of ether oxygens (including phenoxy) is 1. The Bertz CT molecular complexity index is 394. The number of esters is 1. The smallest absolute Gasteiger partial charge is 0.347 e. The first-order valence-corrected chi connectivity index (χ1v) is 3.54. The van der Waals surface area contributed by atoms with Crippen LogP contribution in [0, 0.1) is 6.92 Å². The number of carbonyl (C=O) groups excluding carboxylic acids is 1. The molecule has 0 atom stereocenters. The molecule has 1 aromatic heterocycles. The van der Waals surface area contributed by atoms with Crippen LogP contribution >= 0.6 is 0 Å². The monoisotopic (exact) mass is 183 g/mol. The minimum Gasteiger partial charge on any atom is -0.465 e. The second kappa shape index (κ2) is 3.30. The van der Waals surface area contributed by atoms with Gasteiger partial charge in [-0.3, -0.25) is 4.79 Å². The molecule has 1 rings (SSSR count). The van der Waals surface area contributed by atoms with Gasteiger partial charge in [0.2, 0.25) is 11.3 Å². The number of anilines is 1. The van der Waals surface area contributed by atoms with E-state index in [0.717, 1.165) is 0 Å². The summed E-state index contributed by atoms with van der Waals surface area (Å²) in [6, 6.07) is 1.18. The molecule has 1 aromatic rings. The fraction of sp³-hybridized carbons (Fsp3) is 0.250. The van der Waals surface area contributed by atoms with Crippen LogP contribution in [-0.4, -0.2) is 13.1 Å². The minimum absolute atomic E-state index is 0.211. The molecule has 0 saturated carbocycles. The summed E-state index contributed by atoms with van der Waals surface area (Å²) < 4.78 is 9.25. The molecule has 5 nitrogen and oxygen atoms in total. The van der Waals surface area contributed by atoms with Gasteiger partial charge in [-0.1, -0.05) is 0 Å². The normalized spacial score (nSPS) is 9.69. The second-order valence-electron chi connectivity index (χ2n) is 2.45. The highest BCUT2D eigenvalue weighted by atomic mass is 16.5. The maximum Gasteiger partial charge on any atom is 0.347 e. The van der Waals surface area contributed by atoms with Crippen molar-refractivity contribution in [2.45, 2.75) is 6.92 Å². The molecular weight excluding hydrogens is 174 g/mol. The largest absolute Gasteiger partial charge is 0.465 e. The number of hydrogen-bond acceptors (Lipinski definition) is 5. The van der Waals surface area contributed by atoms with E-state index in [1.54, 1.807) is 6.92 Å². The predicted octanol–water partition coefficient (Wildman–Crippen LogP) is 0.317. The van der Waals surface area contributed by atoms with Gasteiger partial charge in [0.25, 0.3) is 0 Å². The van der Waals surface area contributed by atoms with Crippen LogP contribution in [0.4, 0.5) is 5.88 Å². The van der Waals surface area contributed by atoms with Crippen LogP contribution in [0.1, 0.15) is 16.1 Å². The van der Waals surface area contributed by atoms with E-state index in [4.69, 9.17) is 10.2 Å². The lowest BCUT2D eigenvalue weighted by Crippen LogP contribution is -2.18. The summed E-state index contributed by atoms with van der Waals surface area (Å²) >= 11 is 0. The summed E-state index contributed by atoms with van der Waals surface area (Å²) in [7, 11) is 1.17. The van der Waals surface area contributed by atoms with Crippen LogP contribution in [0.15, 0.2) is 15.3 Å². The molecule has 0 unspecified atom stereocenters. The standard InChI is InChI=1S/C8H9NO4/c1-4-3-5(10)6(7(9)13-4)8(11)12-2/h3H,9H2,1-2H3. The van der Waals surface area contributed by atoms with Crippen molar-refractivity contribution < 1.29 is 13.9 Å². The molecule has 70 valence electrons. The lowest BCUT2D eigenvalue weighted by Gasteiger charge is -2.01. The van der Waals surface area contributed by atoms with Crippen LogP contribution in [0.5, 0.6) is 0 Å². The van der Waals surface area contributed by atoms with Gasteiger partial charge in [0, 0.05) is 6.07 Å². The topological polar surface area (TPSA) is 82.5 Å². The van der Waals surface area contributed by atoms with E-state index >= 15 is 0 Å². The summed E-state index contributed by atoms with van der Waals surface area (Å²) in [4.78, 5) is 22.2. The van der Waals surface area contributed by atoms with Crippen molar-refractivity contribution >= 4 is 11.9 Å². The van der Waals surface area contributed by atoms with Crippen molar-refractivity contribution in [3.8, 4) is 0 Å². The zero-order valence-corrected chi connectivity index (χ0v) is 7.29. The van der Waals surface area contributed by atoms with Crippen molar-refractivity contribution in [3.05, 3.63) is 27.6 Å². The molecule has 1 heterocycles. The predicted molar refractivity (Wildman–Crippen MR) is 45.5 cm³/mol. The van der Waals surface area contributed by atoms with E-state index in [1.807, 2.05) is 0 Å². The third-order valence-electron chi connectivity index (χ3n) is 1.49. The van der Waals surface area contributed by atoms with Crippen LogP contribution in [0.3, 0.4) is 0 Å². The third-order valence-corrected chi connectivity index (χ3v) is 1.49. The van der Waals surface area contributed by atoms with Gasteiger partial charge in [-0.05, 0) is 6.92 Å². The Balaban J connectivity index is 3.38. The van der Waals surface area contributed by atoms with Crippen LogP contribution in [0.2, 0.25) is 0 Å². The van der Waals surface area contributed by atoms with E-state index in [2.05, 4.69) is 4.74 Å². The molecule has 0 radical (unpaired) electrons. The van der Waals surface area contributed by atoms with E-state index < -0.39 is 11.4 Å². The number of hydrogen-bond donors (Lipinski definition) is 1. The Kier molecular flexibility index (Phi) is 2.36. The highest BCUT2D eigenvalue weighted by Gasteiger charge is 2.16. The highest BCUT2D eigenvalue weighted by Crippen LogP contribution is 2.09. The third kappa shape index (κ3) is 1.69. The molecule has 5 heteroatoms. The Labute approximate surface area is 74.1 Å². The Hall–Kier alpha value is -1.78. The molecule has 0 fully saturated rings. The van der Waals surface area contributed by atoms with Gasteiger partial charge in [-0.25, -0.2) is 4.79 Å². The van der Waals surface area contributed by atoms with Crippen molar-refractivity contribution in [3.63, 3.8) is 0 Å². The molecular formula is C8H9NO4. The molecule has 0 aliphatic carbocycles. The van der Waals surface area contributed by atoms with Crippen LogP contribution in [0.25, 0.3) is 0 Å². The molecule has 0 aliphatic rings. The number of nitrogen functional groups attached to an aromatic ring is 1. The highest BCUT2D eigenvalue weighted by molar-refractivity contribution is 5.93. The first-order valence-electron chi connectivity index (χ1n) is 3.54. The lowest BCUT2D eigenvalue weighted by molar-refractivity contribution is 0.0598. The first-order chi connectivity index (χ1) is 6.06. The molecule has 0 aliphatic heterocycles. The number of carbonyl (C=O) groups is 1. The van der Waals surface area contributed by atoms with E-state index in [9.17, 15) is 9.59 Å². The van der Waals surface area contributed by atoms with Gasteiger partial charge in [-0.2, -0.15) is 0 Å². The Morgan fingerprint density at radius 2 is 2.23 bits per heavy atom. The number of rotatable bonds is 1. The number of methoxy groups -OCH3 is 1. The molecule has 13 heavy (non-hydrogen) atoms. The SMILES string of the molecule is COC(=O)c1c(N)oc(C)cc1=O. The fourth-order valence-corrected chi connectivity index (χ4v) is 0.935. The van der Waals surface area contributed by atoms with Crippen molar-refractivity contribution in [2.24, 2.45) is 0 Å². The van der Waals surface area contributed by atoms with Gasteiger partial charge in [0.1, 0.15) is 5.76 Å². The summed E-state index contributed by atoms with van der Waals surface area (Å²) in [6.45, 7) is 1.57. The summed E-state index contributed by atoms with van der Waals surface area (Å²) in [5.41, 5.74) is 4.58. The quantitative estimate of drug-likeness (QED) is 0.634. The maximum atomic E-state index is 11.2. The minimum atomic E-state index is -0.786. The zero-order valence-electron chi connectivity index (χ0n) is 7.29. The van der Waals surface area contributed by atoms with Gasteiger partial charge in [-0.15, -0.1) is 0 Å². The van der Waals surface area contributed by atoms with Gasteiger partial charge in [0.05, 0.1) is 7.11 Å². The maximum absolute atomic E-state index is 11.2. The van der Waals surface area contributed by atoms with Crippen molar-refractivity contribution in [1.29, 1.82) is 0 Å². The summed E-state index contributed by atoms with van der Waals surface area (Å²) in [5.74, 6) is -0.641. The van der Waals surface area contributed by atoms with Crippen LogP contribution in [-0.2, 0) is 4.74 Å². The summed E-state index contributed by atoms with van der Waals surface area (Å²) in [5, 5.41) is 0. The Morgan fingerprint density at radius 3 is 2.69 bits per heavy atom. The lowest BCUT2D eigenvalue weighted by atomic mass is 10.2. The molecule has 0 saturated heterocycles. The Morgan fingerprint density at radius 1 is 1.62 bits per heavy atom. The molecule has 0 amide bonds. The van der Waals surface area contributed by atoms with Crippen LogP contribution < -0.4 is 11.2 Å². The molecule has 2 N–H and O–H groups in total. The van der Waals surface area contributed by atoms with Crippen molar-refractivity contribution in [1.82, 2.24) is 0 Å². The van der Waals surface area contributed by atoms with Crippen molar-refractivity contribution in [2.75, 3.05) is 12.8 Å². The first kappa shape index (κ1) is 9.31.